The number of carbonyl (C=O) groups is 2. The van der Waals surface area contributed by atoms with Gasteiger partial charge < -0.3 is 14.4 Å². The Labute approximate surface area is 195 Å². The number of amides is 1. The van der Waals surface area contributed by atoms with Gasteiger partial charge in [-0.15, -0.1) is 11.3 Å². The average Bonchev–Trinajstić information content (AvgIpc) is 3.30. The SMILES string of the molecule is CCn1c(=O)c2cc(C(=O)N3CCN(c4ccc(C(C)=O)cc4)CC3)sc2c2ccccc21. The molecule has 1 aliphatic heterocycles. The second kappa shape index (κ2) is 8.48. The number of aryl methyl sites for hydroxylation is 1. The Morgan fingerprint density at radius 3 is 2.30 bits per heavy atom. The molecule has 168 valence electrons. The van der Waals surface area contributed by atoms with Crippen molar-refractivity contribution in [1.82, 2.24) is 9.47 Å². The summed E-state index contributed by atoms with van der Waals surface area (Å²) >= 11 is 1.41. The molecule has 1 fully saturated rings. The molecule has 0 aliphatic carbocycles. The summed E-state index contributed by atoms with van der Waals surface area (Å²) in [6.07, 6.45) is 0. The molecule has 0 atom stereocenters. The minimum atomic E-state index is -0.0414. The molecule has 0 saturated carbocycles. The zero-order chi connectivity index (χ0) is 23.1. The standard InChI is InChI=1S/C26H25N3O3S/c1-3-29-22-7-5-4-6-20(22)24-21(25(29)31)16-23(33-24)26(32)28-14-12-27(13-15-28)19-10-8-18(9-11-19)17(2)30/h4-11,16H,3,12-15H2,1-2H3. The number of fused-ring (bicyclic) bond motifs is 3. The maximum absolute atomic E-state index is 13.3. The first-order chi connectivity index (χ1) is 16.0. The van der Waals surface area contributed by atoms with Crippen LogP contribution in [0.2, 0.25) is 0 Å². The monoisotopic (exact) mass is 459 g/mol. The van der Waals surface area contributed by atoms with Gasteiger partial charge in [-0.2, -0.15) is 0 Å². The number of thiophene rings is 1. The quantitative estimate of drug-likeness (QED) is 0.425. The number of nitrogens with zero attached hydrogens (tertiary/aromatic N) is 3. The number of carbonyl (C=O) groups excluding carboxylic acids is 2. The topological polar surface area (TPSA) is 62.6 Å². The number of rotatable bonds is 4. The van der Waals surface area contributed by atoms with Gasteiger partial charge in [0.2, 0.25) is 0 Å². The van der Waals surface area contributed by atoms with E-state index >= 15 is 0 Å². The Morgan fingerprint density at radius 2 is 1.64 bits per heavy atom. The molecule has 2 aromatic carbocycles. The molecule has 1 saturated heterocycles. The van der Waals surface area contributed by atoms with Gasteiger partial charge in [-0.3, -0.25) is 14.4 Å². The normalized spacial score (nSPS) is 14.2. The van der Waals surface area contributed by atoms with Gasteiger partial charge >= 0.3 is 0 Å². The van der Waals surface area contributed by atoms with Gasteiger partial charge in [0, 0.05) is 54.1 Å². The van der Waals surface area contributed by atoms with Crippen LogP contribution >= 0.6 is 11.3 Å². The lowest BCUT2D eigenvalue weighted by molar-refractivity contribution is 0.0751. The van der Waals surface area contributed by atoms with E-state index in [0.29, 0.717) is 35.5 Å². The van der Waals surface area contributed by atoms with Gasteiger partial charge in [-0.1, -0.05) is 18.2 Å². The molecule has 3 heterocycles. The summed E-state index contributed by atoms with van der Waals surface area (Å²) in [7, 11) is 0. The summed E-state index contributed by atoms with van der Waals surface area (Å²) in [6.45, 7) is 6.79. The summed E-state index contributed by atoms with van der Waals surface area (Å²) in [5, 5.41) is 1.63. The van der Waals surface area contributed by atoms with Crippen molar-refractivity contribution < 1.29 is 9.59 Å². The highest BCUT2D eigenvalue weighted by atomic mass is 32.1. The maximum Gasteiger partial charge on any atom is 0.264 e. The van der Waals surface area contributed by atoms with Crippen LogP contribution in [0.4, 0.5) is 5.69 Å². The van der Waals surface area contributed by atoms with E-state index < -0.39 is 0 Å². The predicted molar refractivity (Wildman–Crippen MR) is 134 cm³/mol. The maximum atomic E-state index is 13.3. The van der Waals surface area contributed by atoms with Crippen molar-refractivity contribution >= 4 is 49.7 Å². The van der Waals surface area contributed by atoms with Crippen LogP contribution in [0.15, 0.2) is 59.4 Å². The van der Waals surface area contributed by atoms with Crippen LogP contribution in [0.25, 0.3) is 21.0 Å². The number of para-hydroxylation sites is 1. The Morgan fingerprint density at radius 1 is 0.939 bits per heavy atom. The van der Waals surface area contributed by atoms with Gasteiger partial charge in [-0.25, -0.2) is 0 Å². The molecule has 6 nitrogen and oxygen atoms in total. The number of anilines is 1. The Bertz CT molecular complexity index is 1430. The molecule has 0 unspecified atom stereocenters. The van der Waals surface area contributed by atoms with E-state index in [1.54, 1.807) is 17.6 Å². The minimum Gasteiger partial charge on any atom is -0.368 e. The van der Waals surface area contributed by atoms with Crippen molar-refractivity contribution in [2.24, 2.45) is 0 Å². The Hall–Kier alpha value is -3.45. The molecule has 33 heavy (non-hydrogen) atoms. The lowest BCUT2D eigenvalue weighted by Gasteiger charge is -2.36. The summed E-state index contributed by atoms with van der Waals surface area (Å²) in [6, 6.07) is 17.3. The third kappa shape index (κ3) is 3.72. The van der Waals surface area contributed by atoms with Crippen molar-refractivity contribution in [2.45, 2.75) is 20.4 Å². The summed E-state index contributed by atoms with van der Waals surface area (Å²) in [5.74, 6) is 0.0353. The number of ketones is 1. The van der Waals surface area contributed by atoms with Crippen molar-refractivity contribution in [3.8, 4) is 0 Å². The fourth-order valence-corrected chi connectivity index (χ4v) is 5.71. The van der Waals surface area contributed by atoms with E-state index in [4.69, 9.17) is 0 Å². The van der Waals surface area contributed by atoms with E-state index in [1.165, 1.54) is 11.3 Å². The largest absolute Gasteiger partial charge is 0.368 e. The van der Waals surface area contributed by atoms with Crippen LogP contribution in [0, 0.1) is 0 Å². The van der Waals surface area contributed by atoms with Crippen LogP contribution < -0.4 is 10.5 Å². The van der Waals surface area contributed by atoms with Gasteiger partial charge in [0.05, 0.1) is 15.8 Å². The van der Waals surface area contributed by atoms with Crippen LogP contribution in [-0.2, 0) is 6.54 Å². The van der Waals surface area contributed by atoms with Crippen molar-refractivity contribution in [3.63, 3.8) is 0 Å². The predicted octanol–water partition coefficient (Wildman–Crippen LogP) is 4.40. The van der Waals surface area contributed by atoms with E-state index in [2.05, 4.69) is 4.90 Å². The first-order valence-corrected chi connectivity index (χ1v) is 12.0. The van der Waals surface area contributed by atoms with Gasteiger partial charge in [0.15, 0.2) is 5.78 Å². The number of hydrogen-bond acceptors (Lipinski definition) is 5. The molecule has 2 aromatic heterocycles. The number of Topliss-reactive ketones (excluding diaryl/α,β-unsaturated/α-hetero) is 1. The fraction of sp³-hybridized carbons (Fsp3) is 0.269. The van der Waals surface area contributed by atoms with Gasteiger partial charge in [0.25, 0.3) is 11.5 Å². The lowest BCUT2D eigenvalue weighted by atomic mass is 10.1. The molecular formula is C26H25N3O3S. The van der Waals surface area contributed by atoms with Crippen LogP contribution in [0.3, 0.4) is 0 Å². The number of benzene rings is 2. The van der Waals surface area contributed by atoms with E-state index in [9.17, 15) is 14.4 Å². The molecular weight excluding hydrogens is 434 g/mol. The molecule has 0 bridgehead atoms. The van der Waals surface area contributed by atoms with Crippen molar-refractivity contribution in [1.29, 1.82) is 0 Å². The van der Waals surface area contributed by atoms with Crippen LogP contribution in [0.1, 0.15) is 33.9 Å². The molecule has 0 spiro atoms. The Balaban J connectivity index is 1.39. The molecule has 4 aromatic rings. The highest BCUT2D eigenvalue weighted by Gasteiger charge is 2.25. The Kier molecular flexibility index (Phi) is 5.50. The highest BCUT2D eigenvalue weighted by molar-refractivity contribution is 7.21. The van der Waals surface area contributed by atoms with E-state index in [0.717, 1.165) is 34.4 Å². The van der Waals surface area contributed by atoms with Crippen LogP contribution in [0.5, 0.6) is 0 Å². The molecule has 0 radical (unpaired) electrons. The molecule has 1 aliphatic rings. The molecule has 7 heteroatoms. The van der Waals surface area contributed by atoms with Crippen LogP contribution in [-0.4, -0.2) is 47.3 Å². The van der Waals surface area contributed by atoms with Gasteiger partial charge in [0.1, 0.15) is 0 Å². The van der Waals surface area contributed by atoms with Crippen molar-refractivity contribution in [2.75, 3.05) is 31.1 Å². The number of pyridine rings is 1. The summed E-state index contributed by atoms with van der Waals surface area (Å²) in [5.41, 5.74) is 2.62. The number of hydrogen-bond donors (Lipinski definition) is 0. The second-order valence-electron chi connectivity index (χ2n) is 8.30. The number of aromatic nitrogens is 1. The highest BCUT2D eigenvalue weighted by Crippen LogP contribution is 2.31. The first-order valence-electron chi connectivity index (χ1n) is 11.2. The molecule has 5 rings (SSSR count). The van der Waals surface area contributed by atoms with Crippen molar-refractivity contribution in [3.05, 3.63) is 75.4 Å². The molecule has 1 amide bonds. The van der Waals surface area contributed by atoms with E-state index in [-0.39, 0.29) is 17.2 Å². The zero-order valence-electron chi connectivity index (χ0n) is 18.7. The summed E-state index contributed by atoms with van der Waals surface area (Å²) in [4.78, 5) is 42.6. The minimum absolute atomic E-state index is 0.0192. The average molecular weight is 460 g/mol. The lowest BCUT2D eigenvalue weighted by Crippen LogP contribution is -2.48. The van der Waals surface area contributed by atoms with Gasteiger partial charge in [-0.05, 0) is 50.2 Å². The third-order valence-electron chi connectivity index (χ3n) is 6.38. The molecule has 0 N–H and O–H groups in total. The van der Waals surface area contributed by atoms with E-state index in [1.807, 2.05) is 60.4 Å². The smallest absolute Gasteiger partial charge is 0.264 e. The second-order valence-corrected chi connectivity index (χ2v) is 9.35. The fourth-order valence-electron chi connectivity index (χ4n) is 4.56. The third-order valence-corrected chi connectivity index (χ3v) is 7.54. The summed E-state index contributed by atoms with van der Waals surface area (Å²) < 4.78 is 2.65. The first kappa shape index (κ1) is 21.4. The zero-order valence-corrected chi connectivity index (χ0v) is 19.5. The number of piperazine rings is 1.